The Kier molecular flexibility index (Phi) is 11.1. The van der Waals surface area contributed by atoms with Gasteiger partial charge < -0.3 is 19.5 Å². The van der Waals surface area contributed by atoms with E-state index < -0.39 is 11.8 Å². The van der Waals surface area contributed by atoms with Crippen LogP contribution in [0.4, 0.5) is 5.69 Å². The van der Waals surface area contributed by atoms with E-state index in [0.717, 1.165) is 5.56 Å². The fourth-order valence-electron chi connectivity index (χ4n) is 3.66. The highest BCUT2D eigenvalue weighted by Crippen LogP contribution is 2.30. The summed E-state index contributed by atoms with van der Waals surface area (Å²) in [5.74, 6) is 0.410. The highest BCUT2D eigenvalue weighted by Gasteiger charge is 2.13. The van der Waals surface area contributed by atoms with Crippen molar-refractivity contribution in [1.82, 2.24) is 5.43 Å². The standard InChI is InChI=1S/C31H26Cl3N3O5/c1-2-40-29-15-21(8-12-28(29)41-18-20-6-4-3-5-7-20)31(39)37-35-17-22-14-23(32)9-13-27(22)42-19-30(38)36-24-10-11-25(33)26(34)16-24/h3-17H,2,18-19H2,1H3,(H,36,38)(H,37,39)/b35-17+. The van der Waals surface area contributed by atoms with Crippen LogP contribution in [-0.4, -0.2) is 31.2 Å². The van der Waals surface area contributed by atoms with Crippen LogP contribution in [0.5, 0.6) is 17.2 Å². The Morgan fingerprint density at radius 3 is 2.36 bits per heavy atom. The maximum absolute atomic E-state index is 12.8. The number of anilines is 1. The van der Waals surface area contributed by atoms with Crippen LogP contribution < -0.4 is 25.0 Å². The molecule has 4 aromatic rings. The molecule has 4 aromatic carbocycles. The molecule has 216 valence electrons. The Labute approximate surface area is 258 Å². The van der Waals surface area contributed by atoms with Crippen molar-refractivity contribution in [3.8, 4) is 17.2 Å². The lowest BCUT2D eigenvalue weighted by Gasteiger charge is -2.13. The first kappa shape index (κ1) is 30.7. The van der Waals surface area contributed by atoms with E-state index in [1.165, 1.54) is 12.3 Å². The molecule has 4 rings (SSSR count). The smallest absolute Gasteiger partial charge is 0.271 e. The van der Waals surface area contributed by atoms with E-state index in [2.05, 4.69) is 15.8 Å². The quantitative estimate of drug-likeness (QED) is 0.126. The number of amides is 2. The molecule has 0 saturated carbocycles. The Balaban J connectivity index is 1.37. The normalized spacial score (nSPS) is 10.8. The van der Waals surface area contributed by atoms with E-state index in [-0.39, 0.29) is 6.61 Å². The Morgan fingerprint density at radius 1 is 0.810 bits per heavy atom. The largest absolute Gasteiger partial charge is 0.490 e. The van der Waals surface area contributed by atoms with E-state index in [9.17, 15) is 9.59 Å². The number of carbonyl (C=O) groups is 2. The summed E-state index contributed by atoms with van der Waals surface area (Å²) in [6.45, 7) is 2.30. The lowest BCUT2D eigenvalue weighted by Crippen LogP contribution is -2.20. The van der Waals surface area contributed by atoms with E-state index in [1.54, 1.807) is 48.5 Å². The van der Waals surface area contributed by atoms with E-state index >= 15 is 0 Å². The van der Waals surface area contributed by atoms with Crippen LogP contribution in [0.25, 0.3) is 0 Å². The van der Waals surface area contributed by atoms with Gasteiger partial charge in [-0.25, -0.2) is 5.43 Å². The Bertz CT molecular complexity index is 1580. The summed E-state index contributed by atoms with van der Waals surface area (Å²) in [7, 11) is 0. The number of halogens is 3. The molecule has 11 heteroatoms. The topological polar surface area (TPSA) is 98.3 Å². The number of carbonyl (C=O) groups excluding carboxylic acids is 2. The maximum Gasteiger partial charge on any atom is 0.271 e. The van der Waals surface area contributed by atoms with Gasteiger partial charge >= 0.3 is 0 Å². The van der Waals surface area contributed by atoms with Crippen molar-refractivity contribution >= 4 is 58.5 Å². The summed E-state index contributed by atoms with van der Waals surface area (Å²) >= 11 is 18.1. The lowest BCUT2D eigenvalue weighted by atomic mass is 10.2. The van der Waals surface area contributed by atoms with Crippen LogP contribution in [0.2, 0.25) is 15.1 Å². The molecule has 2 amide bonds. The molecular formula is C31H26Cl3N3O5. The van der Waals surface area contributed by atoms with Crippen LogP contribution in [0.15, 0.2) is 90.0 Å². The average Bonchev–Trinajstić information content (AvgIpc) is 2.98. The molecule has 0 heterocycles. The minimum atomic E-state index is -0.465. The summed E-state index contributed by atoms with van der Waals surface area (Å²) in [5, 5.41) is 7.83. The highest BCUT2D eigenvalue weighted by molar-refractivity contribution is 6.42. The number of hydrogen-bond donors (Lipinski definition) is 2. The molecule has 0 bridgehead atoms. The average molecular weight is 627 g/mol. The third-order valence-corrected chi connectivity index (χ3v) is 6.62. The van der Waals surface area contributed by atoms with Gasteiger partial charge in [0.2, 0.25) is 0 Å². The summed E-state index contributed by atoms with van der Waals surface area (Å²) in [5.41, 5.74) is 4.73. The van der Waals surface area contributed by atoms with Crippen molar-refractivity contribution in [3.63, 3.8) is 0 Å². The van der Waals surface area contributed by atoms with Crippen LogP contribution in [-0.2, 0) is 11.4 Å². The van der Waals surface area contributed by atoms with Gasteiger partial charge in [-0.1, -0.05) is 65.1 Å². The van der Waals surface area contributed by atoms with Gasteiger partial charge in [0.25, 0.3) is 11.8 Å². The molecule has 0 unspecified atom stereocenters. The van der Waals surface area contributed by atoms with Gasteiger partial charge in [-0.2, -0.15) is 5.10 Å². The molecule has 0 aliphatic carbocycles. The number of nitrogens with zero attached hydrogens (tertiary/aromatic N) is 1. The molecule has 0 aliphatic rings. The van der Waals surface area contributed by atoms with Crippen LogP contribution >= 0.6 is 34.8 Å². The zero-order chi connectivity index (χ0) is 29.9. The molecule has 0 saturated heterocycles. The maximum atomic E-state index is 12.8. The van der Waals surface area contributed by atoms with Crippen molar-refractivity contribution in [2.24, 2.45) is 5.10 Å². The Morgan fingerprint density at radius 2 is 1.60 bits per heavy atom. The first-order valence-corrected chi connectivity index (χ1v) is 13.9. The fourth-order valence-corrected chi connectivity index (χ4v) is 4.14. The van der Waals surface area contributed by atoms with Crippen molar-refractivity contribution in [3.05, 3.63) is 117 Å². The van der Waals surface area contributed by atoms with Crippen molar-refractivity contribution in [2.75, 3.05) is 18.5 Å². The van der Waals surface area contributed by atoms with Gasteiger partial charge in [0.05, 0.1) is 22.9 Å². The van der Waals surface area contributed by atoms with Gasteiger partial charge in [-0.15, -0.1) is 0 Å². The molecular weight excluding hydrogens is 601 g/mol. The van der Waals surface area contributed by atoms with Crippen molar-refractivity contribution < 1.29 is 23.8 Å². The Hall–Kier alpha value is -4.24. The third-order valence-electron chi connectivity index (χ3n) is 5.65. The minimum absolute atomic E-state index is 0.298. The SMILES string of the molecule is CCOc1cc(C(=O)N/N=C/c2cc(Cl)ccc2OCC(=O)Nc2ccc(Cl)c(Cl)c2)ccc1OCc1ccccc1. The zero-order valence-electron chi connectivity index (χ0n) is 22.4. The predicted octanol–water partition coefficient (Wildman–Crippen LogP) is 7.41. The summed E-state index contributed by atoms with van der Waals surface area (Å²) in [4.78, 5) is 25.2. The fraction of sp³-hybridized carbons (Fsp3) is 0.129. The van der Waals surface area contributed by atoms with Gasteiger partial charge in [0.15, 0.2) is 18.1 Å². The van der Waals surface area contributed by atoms with Gasteiger partial charge in [-0.05, 0) is 67.1 Å². The zero-order valence-corrected chi connectivity index (χ0v) is 24.7. The van der Waals surface area contributed by atoms with E-state index in [4.69, 9.17) is 49.0 Å². The second-order valence-corrected chi connectivity index (χ2v) is 9.97. The number of ether oxygens (including phenoxy) is 3. The highest BCUT2D eigenvalue weighted by atomic mass is 35.5. The predicted molar refractivity (Wildman–Crippen MR) is 165 cm³/mol. The molecule has 0 aliphatic heterocycles. The summed E-state index contributed by atoms with van der Waals surface area (Å²) in [6, 6.07) is 24.2. The van der Waals surface area contributed by atoms with Crippen molar-refractivity contribution in [2.45, 2.75) is 13.5 Å². The lowest BCUT2D eigenvalue weighted by molar-refractivity contribution is -0.118. The van der Waals surface area contributed by atoms with Crippen LogP contribution in [0.3, 0.4) is 0 Å². The van der Waals surface area contributed by atoms with Gasteiger partial charge in [-0.3, -0.25) is 9.59 Å². The van der Waals surface area contributed by atoms with Crippen LogP contribution in [0, 0.1) is 0 Å². The number of rotatable bonds is 12. The molecule has 0 aromatic heterocycles. The van der Waals surface area contributed by atoms with Crippen molar-refractivity contribution in [1.29, 1.82) is 0 Å². The van der Waals surface area contributed by atoms with E-state index in [1.807, 2.05) is 37.3 Å². The summed E-state index contributed by atoms with van der Waals surface area (Å²) in [6.07, 6.45) is 1.37. The molecule has 42 heavy (non-hydrogen) atoms. The second kappa shape index (κ2) is 15.1. The molecule has 0 fully saturated rings. The number of hydrazone groups is 1. The molecule has 2 N–H and O–H groups in total. The first-order valence-electron chi connectivity index (χ1n) is 12.8. The number of nitrogens with one attached hydrogen (secondary N) is 2. The molecule has 8 nitrogen and oxygen atoms in total. The number of hydrogen-bond acceptors (Lipinski definition) is 6. The van der Waals surface area contributed by atoms with Gasteiger partial charge in [0, 0.05) is 21.8 Å². The third kappa shape index (κ3) is 8.88. The number of benzene rings is 4. The van der Waals surface area contributed by atoms with Gasteiger partial charge in [0.1, 0.15) is 12.4 Å². The summed E-state index contributed by atoms with van der Waals surface area (Å²) < 4.78 is 17.3. The molecule has 0 radical (unpaired) electrons. The first-order chi connectivity index (χ1) is 20.3. The molecule has 0 atom stereocenters. The van der Waals surface area contributed by atoms with Crippen LogP contribution in [0.1, 0.15) is 28.4 Å². The minimum Gasteiger partial charge on any atom is -0.490 e. The van der Waals surface area contributed by atoms with E-state index in [0.29, 0.717) is 62.3 Å². The second-order valence-electron chi connectivity index (χ2n) is 8.72. The molecule has 0 spiro atoms. The monoisotopic (exact) mass is 625 g/mol.